The smallest absolute Gasteiger partial charge is 0.236 e. The van der Waals surface area contributed by atoms with Crippen LogP contribution in [0.2, 0.25) is 0 Å². The SMILES string of the molecule is COc1ccc(SC(C)C(=O)N2CCNC(C)C2C)cc1.Cl. The number of benzene rings is 1. The number of ether oxygens (including phenoxy) is 1. The molecule has 0 aromatic heterocycles. The number of amides is 1. The zero-order valence-electron chi connectivity index (χ0n) is 13.5. The van der Waals surface area contributed by atoms with E-state index in [-0.39, 0.29) is 29.6 Å². The van der Waals surface area contributed by atoms with Crippen LogP contribution in [0.15, 0.2) is 29.2 Å². The molecule has 1 heterocycles. The zero-order valence-corrected chi connectivity index (χ0v) is 15.2. The Balaban J connectivity index is 0.00000242. The number of piperazine rings is 1. The Morgan fingerprint density at radius 1 is 1.36 bits per heavy atom. The number of thioether (sulfide) groups is 1. The first kappa shape index (κ1) is 19.1. The molecule has 1 fully saturated rings. The second-order valence-corrected chi connectivity index (χ2v) is 6.86. The van der Waals surface area contributed by atoms with Crippen LogP contribution in [0.1, 0.15) is 20.8 Å². The van der Waals surface area contributed by atoms with E-state index in [0.717, 1.165) is 23.7 Å². The van der Waals surface area contributed by atoms with E-state index in [4.69, 9.17) is 4.74 Å². The number of nitrogens with one attached hydrogen (secondary N) is 1. The number of carbonyl (C=O) groups is 1. The van der Waals surface area contributed by atoms with Crippen LogP contribution in [-0.4, -0.2) is 48.3 Å². The fourth-order valence-corrected chi connectivity index (χ4v) is 3.45. The van der Waals surface area contributed by atoms with Crippen LogP contribution < -0.4 is 10.1 Å². The van der Waals surface area contributed by atoms with Gasteiger partial charge < -0.3 is 15.0 Å². The summed E-state index contributed by atoms with van der Waals surface area (Å²) in [6.45, 7) is 7.89. The molecule has 4 nitrogen and oxygen atoms in total. The van der Waals surface area contributed by atoms with Gasteiger partial charge in [0.1, 0.15) is 5.75 Å². The molecule has 3 atom stereocenters. The largest absolute Gasteiger partial charge is 0.497 e. The van der Waals surface area contributed by atoms with Gasteiger partial charge in [-0.15, -0.1) is 24.2 Å². The van der Waals surface area contributed by atoms with Gasteiger partial charge >= 0.3 is 0 Å². The highest BCUT2D eigenvalue weighted by Gasteiger charge is 2.30. The Hall–Kier alpha value is -0.910. The summed E-state index contributed by atoms with van der Waals surface area (Å²) in [5.41, 5.74) is 0. The molecule has 1 aromatic rings. The van der Waals surface area contributed by atoms with E-state index in [9.17, 15) is 4.79 Å². The van der Waals surface area contributed by atoms with E-state index >= 15 is 0 Å². The number of hydrogen-bond acceptors (Lipinski definition) is 4. The van der Waals surface area contributed by atoms with Crippen LogP contribution >= 0.6 is 24.2 Å². The van der Waals surface area contributed by atoms with Crippen LogP contribution in [0.25, 0.3) is 0 Å². The van der Waals surface area contributed by atoms with Gasteiger partial charge in [-0.05, 0) is 45.0 Å². The third kappa shape index (κ3) is 4.54. The Bertz CT molecular complexity index is 484. The molecule has 22 heavy (non-hydrogen) atoms. The lowest BCUT2D eigenvalue weighted by molar-refractivity contribution is -0.133. The van der Waals surface area contributed by atoms with Crippen molar-refractivity contribution in [3.8, 4) is 5.75 Å². The van der Waals surface area contributed by atoms with Crippen LogP contribution in [0.4, 0.5) is 0 Å². The quantitative estimate of drug-likeness (QED) is 0.853. The average Bonchev–Trinajstić information content (AvgIpc) is 2.50. The number of halogens is 1. The first-order valence-corrected chi connectivity index (χ1v) is 8.25. The molecule has 2 rings (SSSR count). The second-order valence-electron chi connectivity index (χ2n) is 5.45. The van der Waals surface area contributed by atoms with Crippen molar-refractivity contribution in [2.24, 2.45) is 0 Å². The van der Waals surface area contributed by atoms with Crippen molar-refractivity contribution in [1.82, 2.24) is 10.2 Å². The Morgan fingerprint density at radius 3 is 2.59 bits per heavy atom. The number of methoxy groups -OCH3 is 1. The van der Waals surface area contributed by atoms with Gasteiger partial charge in [0.25, 0.3) is 0 Å². The summed E-state index contributed by atoms with van der Waals surface area (Å²) < 4.78 is 5.15. The van der Waals surface area contributed by atoms with Gasteiger partial charge in [0.2, 0.25) is 5.91 Å². The summed E-state index contributed by atoms with van der Waals surface area (Å²) in [6.07, 6.45) is 0. The lowest BCUT2D eigenvalue weighted by Gasteiger charge is -2.39. The molecule has 1 N–H and O–H groups in total. The maximum absolute atomic E-state index is 12.6. The minimum Gasteiger partial charge on any atom is -0.497 e. The van der Waals surface area contributed by atoms with Crippen molar-refractivity contribution in [2.45, 2.75) is 43.0 Å². The highest BCUT2D eigenvalue weighted by molar-refractivity contribution is 8.00. The van der Waals surface area contributed by atoms with Crippen LogP contribution in [-0.2, 0) is 4.79 Å². The highest BCUT2D eigenvalue weighted by atomic mass is 35.5. The van der Waals surface area contributed by atoms with Crippen molar-refractivity contribution in [3.63, 3.8) is 0 Å². The standard InChI is InChI=1S/C16H24N2O2S.ClH/c1-11-12(2)18(10-9-17-11)16(19)13(3)21-15-7-5-14(20-4)6-8-15;/h5-8,11-13,17H,9-10H2,1-4H3;1H. The first-order chi connectivity index (χ1) is 10.0. The van der Waals surface area contributed by atoms with E-state index < -0.39 is 0 Å². The van der Waals surface area contributed by atoms with E-state index in [1.54, 1.807) is 18.9 Å². The molecule has 1 amide bonds. The van der Waals surface area contributed by atoms with Gasteiger partial charge in [-0.2, -0.15) is 0 Å². The van der Waals surface area contributed by atoms with Crippen LogP contribution in [0.3, 0.4) is 0 Å². The summed E-state index contributed by atoms with van der Waals surface area (Å²) in [4.78, 5) is 15.7. The second kappa shape index (κ2) is 8.65. The molecular formula is C16H25ClN2O2S. The fraction of sp³-hybridized carbons (Fsp3) is 0.562. The van der Waals surface area contributed by atoms with E-state index in [1.807, 2.05) is 36.1 Å². The Labute approximate surface area is 143 Å². The van der Waals surface area contributed by atoms with E-state index in [1.165, 1.54) is 0 Å². The lowest BCUT2D eigenvalue weighted by Crippen LogP contribution is -2.58. The summed E-state index contributed by atoms with van der Waals surface area (Å²) >= 11 is 1.60. The van der Waals surface area contributed by atoms with Crippen LogP contribution in [0, 0.1) is 0 Å². The summed E-state index contributed by atoms with van der Waals surface area (Å²) in [6, 6.07) is 8.43. The minimum atomic E-state index is -0.0776. The Kier molecular flexibility index (Phi) is 7.53. The molecular weight excluding hydrogens is 320 g/mol. The van der Waals surface area contributed by atoms with Gasteiger partial charge in [-0.25, -0.2) is 0 Å². The normalized spacial score (nSPS) is 22.6. The summed E-state index contributed by atoms with van der Waals surface area (Å²) in [7, 11) is 1.65. The van der Waals surface area contributed by atoms with Gasteiger partial charge in [-0.1, -0.05) is 0 Å². The molecule has 1 saturated heterocycles. The van der Waals surface area contributed by atoms with Crippen molar-refractivity contribution in [1.29, 1.82) is 0 Å². The molecule has 1 aromatic carbocycles. The van der Waals surface area contributed by atoms with E-state index in [2.05, 4.69) is 19.2 Å². The topological polar surface area (TPSA) is 41.6 Å². The summed E-state index contributed by atoms with van der Waals surface area (Å²) in [5.74, 6) is 1.06. The monoisotopic (exact) mass is 344 g/mol. The van der Waals surface area contributed by atoms with Crippen molar-refractivity contribution in [3.05, 3.63) is 24.3 Å². The third-order valence-corrected chi connectivity index (χ3v) is 5.14. The average molecular weight is 345 g/mol. The lowest BCUT2D eigenvalue weighted by atomic mass is 10.1. The molecule has 0 bridgehead atoms. The van der Waals surface area contributed by atoms with Crippen LogP contribution in [0.5, 0.6) is 5.75 Å². The highest BCUT2D eigenvalue weighted by Crippen LogP contribution is 2.27. The fourth-order valence-electron chi connectivity index (χ4n) is 2.51. The molecule has 0 radical (unpaired) electrons. The van der Waals surface area contributed by atoms with Crippen molar-refractivity contribution in [2.75, 3.05) is 20.2 Å². The number of hydrogen-bond donors (Lipinski definition) is 1. The zero-order chi connectivity index (χ0) is 15.4. The molecule has 0 saturated carbocycles. The maximum Gasteiger partial charge on any atom is 0.236 e. The van der Waals surface area contributed by atoms with Gasteiger partial charge in [-0.3, -0.25) is 4.79 Å². The predicted octanol–water partition coefficient (Wildman–Crippen LogP) is 2.81. The van der Waals surface area contributed by atoms with Gasteiger partial charge in [0, 0.05) is 30.1 Å². The molecule has 0 spiro atoms. The molecule has 6 heteroatoms. The minimum absolute atomic E-state index is 0. The molecule has 1 aliphatic heterocycles. The van der Waals surface area contributed by atoms with Crippen molar-refractivity contribution < 1.29 is 9.53 Å². The summed E-state index contributed by atoms with van der Waals surface area (Å²) in [5, 5.41) is 3.33. The van der Waals surface area contributed by atoms with Gasteiger partial charge in [0.05, 0.1) is 12.4 Å². The van der Waals surface area contributed by atoms with Gasteiger partial charge in [0.15, 0.2) is 0 Å². The third-order valence-electron chi connectivity index (χ3n) is 4.04. The molecule has 0 aliphatic carbocycles. The number of carbonyl (C=O) groups excluding carboxylic acids is 1. The molecule has 1 aliphatic rings. The Morgan fingerprint density at radius 2 is 2.00 bits per heavy atom. The maximum atomic E-state index is 12.6. The molecule has 3 unspecified atom stereocenters. The van der Waals surface area contributed by atoms with Crippen molar-refractivity contribution >= 4 is 30.1 Å². The number of rotatable bonds is 4. The molecule has 124 valence electrons. The number of nitrogens with zero attached hydrogens (tertiary/aromatic N) is 1. The predicted molar refractivity (Wildman–Crippen MR) is 94.2 cm³/mol. The first-order valence-electron chi connectivity index (χ1n) is 7.37. The van der Waals surface area contributed by atoms with E-state index in [0.29, 0.717) is 6.04 Å².